The summed E-state index contributed by atoms with van der Waals surface area (Å²) >= 11 is 1.08. The van der Waals surface area contributed by atoms with Gasteiger partial charge in [0.25, 0.3) is 5.91 Å². The second kappa shape index (κ2) is 11.3. The van der Waals surface area contributed by atoms with Crippen molar-refractivity contribution in [3.05, 3.63) is 65.2 Å². The summed E-state index contributed by atoms with van der Waals surface area (Å²) in [5.41, 5.74) is 3.78. The molecule has 3 aromatic rings. The number of amidine groups is 1. The lowest BCUT2D eigenvalue weighted by Gasteiger charge is -2.26. The van der Waals surface area contributed by atoms with Gasteiger partial charge in [0.1, 0.15) is 16.4 Å². The number of carbonyl (C=O) groups is 1. The first-order valence-corrected chi connectivity index (χ1v) is 13.4. The van der Waals surface area contributed by atoms with Crippen molar-refractivity contribution in [2.75, 3.05) is 56.2 Å². The Hall–Kier alpha value is -3.47. The number of aromatic nitrogens is 1. The van der Waals surface area contributed by atoms with Crippen molar-refractivity contribution in [3.8, 4) is 5.88 Å². The zero-order valence-electron chi connectivity index (χ0n) is 20.9. The van der Waals surface area contributed by atoms with Crippen LogP contribution >= 0.6 is 11.5 Å². The molecule has 10 heteroatoms. The fraction of sp³-hybridized carbons (Fsp3) is 0.370. The van der Waals surface area contributed by atoms with Crippen molar-refractivity contribution in [2.24, 2.45) is 0 Å². The molecule has 0 spiro atoms. The number of para-hydroxylation sites is 1. The van der Waals surface area contributed by atoms with Gasteiger partial charge in [-0.05, 0) is 47.8 Å². The average Bonchev–Trinajstić information content (AvgIpc) is 3.49. The molecule has 0 aliphatic carbocycles. The molecule has 2 aromatic carbocycles. The smallest absolute Gasteiger partial charge is 0.258 e. The first kappa shape index (κ1) is 25.2. The number of hydrogen-bond donors (Lipinski definition) is 4. The van der Waals surface area contributed by atoms with Crippen LogP contribution in [0.4, 0.5) is 16.4 Å². The molecule has 1 saturated heterocycles. The summed E-state index contributed by atoms with van der Waals surface area (Å²) in [5.74, 6) is 0.208. The maximum atomic E-state index is 13.5. The number of fused-ring (bicyclic) bond motifs is 1. The molecule has 1 aromatic heterocycles. The first-order chi connectivity index (χ1) is 18.0. The van der Waals surface area contributed by atoms with E-state index in [9.17, 15) is 9.90 Å². The second-order valence-corrected chi connectivity index (χ2v) is 10.0. The second-order valence-electron chi connectivity index (χ2n) is 9.25. The Labute approximate surface area is 220 Å². The van der Waals surface area contributed by atoms with Crippen LogP contribution in [0, 0.1) is 5.41 Å². The fourth-order valence-corrected chi connectivity index (χ4v) is 5.62. The van der Waals surface area contributed by atoms with E-state index in [4.69, 9.17) is 10.1 Å². The van der Waals surface area contributed by atoms with Crippen molar-refractivity contribution >= 4 is 39.7 Å². The number of nitrogens with one attached hydrogen (secondary N) is 3. The van der Waals surface area contributed by atoms with Gasteiger partial charge >= 0.3 is 0 Å². The Morgan fingerprint density at radius 2 is 2.03 bits per heavy atom. The Morgan fingerprint density at radius 1 is 1.22 bits per heavy atom. The minimum absolute atomic E-state index is 0.0445. The molecular weight excluding hydrogens is 488 g/mol. The molecule has 1 fully saturated rings. The van der Waals surface area contributed by atoms with Gasteiger partial charge in [0.2, 0.25) is 5.88 Å². The molecular formula is C27H32N6O3S. The van der Waals surface area contributed by atoms with Gasteiger partial charge < -0.3 is 25.4 Å². The predicted molar refractivity (Wildman–Crippen MR) is 147 cm³/mol. The number of benzene rings is 2. The van der Waals surface area contributed by atoms with Crippen LogP contribution in [0.25, 0.3) is 0 Å². The van der Waals surface area contributed by atoms with E-state index < -0.39 is 0 Å². The van der Waals surface area contributed by atoms with Gasteiger partial charge in [-0.25, -0.2) is 0 Å². The summed E-state index contributed by atoms with van der Waals surface area (Å²) < 4.78 is 9.42. The number of aromatic hydroxyl groups is 1. The molecule has 1 amide bonds. The maximum Gasteiger partial charge on any atom is 0.258 e. The molecule has 0 radical (unpaired) electrons. The molecule has 0 saturated carbocycles. The standard InChI is InChI=1S/C27H32N6O3S/c1-2-18-17-33(22-9-4-3-8-21(18)22)27(35)19-6-5-7-20(16-19)30-26-23(25(34)31-37-26)24(28)29-10-11-32-12-14-36-15-13-32/h3-9,16,18,30H,2,10-15,17H2,1H3,(H2,28,29)(H,31,34). The lowest BCUT2D eigenvalue weighted by Crippen LogP contribution is -2.41. The lowest BCUT2D eigenvalue weighted by molar-refractivity contribution is 0.0389. The number of morpholine rings is 1. The van der Waals surface area contributed by atoms with Crippen LogP contribution in [-0.2, 0) is 4.74 Å². The molecule has 5 rings (SSSR count). The zero-order valence-corrected chi connectivity index (χ0v) is 21.7. The van der Waals surface area contributed by atoms with Crippen molar-refractivity contribution < 1.29 is 14.6 Å². The summed E-state index contributed by atoms with van der Waals surface area (Å²) in [5, 5.41) is 25.7. The fourth-order valence-electron chi connectivity index (χ4n) is 4.90. The largest absolute Gasteiger partial charge is 0.492 e. The van der Waals surface area contributed by atoms with Gasteiger partial charge in [0, 0.05) is 55.6 Å². The van der Waals surface area contributed by atoms with E-state index in [-0.39, 0.29) is 17.6 Å². The van der Waals surface area contributed by atoms with Crippen LogP contribution in [0.5, 0.6) is 5.88 Å². The molecule has 4 N–H and O–H groups in total. The Kier molecular flexibility index (Phi) is 7.68. The summed E-state index contributed by atoms with van der Waals surface area (Å²) in [6.07, 6.45) is 0.979. The van der Waals surface area contributed by atoms with Crippen LogP contribution in [0.15, 0.2) is 48.5 Å². The third-order valence-corrected chi connectivity index (χ3v) is 7.69. The highest BCUT2D eigenvalue weighted by Crippen LogP contribution is 2.39. The van der Waals surface area contributed by atoms with Gasteiger partial charge in [0.05, 0.1) is 13.2 Å². The highest BCUT2D eigenvalue weighted by molar-refractivity contribution is 7.11. The molecule has 3 heterocycles. The van der Waals surface area contributed by atoms with Gasteiger partial charge in [0.15, 0.2) is 0 Å². The van der Waals surface area contributed by atoms with Crippen LogP contribution < -0.4 is 15.5 Å². The Bertz CT molecular complexity index is 1270. The van der Waals surface area contributed by atoms with E-state index in [1.165, 1.54) is 5.56 Å². The highest BCUT2D eigenvalue weighted by Gasteiger charge is 2.31. The van der Waals surface area contributed by atoms with Gasteiger partial charge in [-0.2, -0.15) is 4.37 Å². The van der Waals surface area contributed by atoms with Crippen molar-refractivity contribution in [1.29, 1.82) is 5.41 Å². The molecule has 37 heavy (non-hydrogen) atoms. The first-order valence-electron chi connectivity index (χ1n) is 12.6. The SMILES string of the molecule is CCC1CN(C(=O)c2cccc(Nc3snc(O)c3C(=N)NCCN3CCOCC3)c2)c2ccccc21. The van der Waals surface area contributed by atoms with Gasteiger partial charge in [-0.1, -0.05) is 31.2 Å². The lowest BCUT2D eigenvalue weighted by atomic mass is 9.99. The number of amides is 1. The van der Waals surface area contributed by atoms with Crippen molar-refractivity contribution in [1.82, 2.24) is 14.6 Å². The third-order valence-electron chi connectivity index (χ3n) is 6.93. The van der Waals surface area contributed by atoms with Gasteiger partial charge in [-0.3, -0.25) is 15.1 Å². The molecule has 194 valence electrons. The quantitative estimate of drug-likeness (QED) is 0.262. The maximum absolute atomic E-state index is 13.5. The average molecular weight is 521 g/mol. The number of rotatable bonds is 8. The van der Waals surface area contributed by atoms with Crippen molar-refractivity contribution in [3.63, 3.8) is 0 Å². The van der Waals surface area contributed by atoms with Crippen LogP contribution in [0.2, 0.25) is 0 Å². The van der Waals surface area contributed by atoms with Crippen molar-refractivity contribution in [2.45, 2.75) is 19.3 Å². The number of nitrogens with zero attached hydrogens (tertiary/aromatic N) is 3. The van der Waals surface area contributed by atoms with E-state index in [0.29, 0.717) is 40.8 Å². The predicted octanol–water partition coefficient (Wildman–Crippen LogP) is 3.99. The Morgan fingerprint density at radius 3 is 2.84 bits per heavy atom. The zero-order chi connectivity index (χ0) is 25.8. The molecule has 1 atom stereocenters. The summed E-state index contributed by atoms with van der Waals surface area (Å²) in [6.45, 7) is 7.40. The van der Waals surface area contributed by atoms with E-state index in [1.54, 1.807) is 6.07 Å². The summed E-state index contributed by atoms with van der Waals surface area (Å²) in [4.78, 5) is 17.6. The number of anilines is 3. The summed E-state index contributed by atoms with van der Waals surface area (Å²) in [7, 11) is 0. The van der Waals surface area contributed by atoms with Crippen LogP contribution in [0.1, 0.15) is 40.7 Å². The van der Waals surface area contributed by atoms with E-state index >= 15 is 0 Å². The molecule has 9 nitrogen and oxygen atoms in total. The number of carbonyl (C=O) groups excluding carboxylic acids is 1. The van der Waals surface area contributed by atoms with Crippen LogP contribution in [0.3, 0.4) is 0 Å². The van der Waals surface area contributed by atoms with Gasteiger partial charge in [-0.15, -0.1) is 0 Å². The molecule has 2 aliphatic rings. The minimum Gasteiger partial charge on any atom is -0.492 e. The number of ether oxygens (including phenoxy) is 1. The molecule has 0 bridgehead atoms. The van der Waals surface area contributed by atoms with E-state index in [0.717, 1.165) is 56.5 Å². The van der Waals surface area contributed by atoms with E-state index in [1.807, 2.05) is 41.3 Å². The van der Waals surface area contributed by atoms with E-state index in [2.05, 4.69) is 32.9 Å². The Balaban J connectivity index is 1.27. The summed E-state index contributed by atoms with van der Waals surface area (Å²) in [6, 6.07) is 15.4. The monoisotopic (exact) mass is 520 g/mol. The van der Waals surface area contributed by atoms with Crippen LogP contribution in [-0.4, -0.2) is 72.1 Å². The molecule has 1 unspecified atom stereocenters. The normalized spacial score (nSPS) is 17.4. The third kappa shape index (κ3) is 5.46. The molecule has 2 aliphatic heterocycles. The minimum atomic E-state index is -0.192. The topological polar surface area (TPSA) is 114 Å². The number of hydrogen-bond acceptors (Lipinski definition) is 8. The highest BCUT2D eigenvalue weighted by atomic mass is 32.1.